The van der Waals surface area contributed by atoms with E-state index in [9.17, 15) is 4.79 Å². The Morgan fingerprint density at radius 2 is 2.36 bits per heavy atom. The van der Waals surface area contributed by atoms with Gasteiger partial charge in [0.15, 0.2) is 0 Å². The Bertz CT molecular complexity index is 665. The minimum Gasteiger partial charge on any atom is -0.371 e. The highest BCUT2D eigenvalue weighted by Gasteiger charge is 2.31. The van der Waals surface area contributed by atoms with Crippen LogP contribution in [-0.4, -0.2) is 28.3 Å². The lowest BCUT2D eigenvalue weighted by atomic mass is 10.0. The number of nitrogens with one attached hydrogen (secondary N) is 1. The van der Waals surface area contributed by atoms with Crippen molar-refractivity contribution in [2.24, 2.45) is 7.05 Å². The number of benzene rings is 1. The molecule has 1 amide bonds. The maximum absolute atomic E-state index is 12.3. The molecule has 2 atom stereocenters. The van der Waals surface area contributed by atoms with Crippen LogP contribution in [0.5, 0.6) is 0 Å². The van der Waals surface area contributed by atoms with Gasteiger partial charge in [-0.15, -0.1) is 0 Å². The summed E-state index contributed by atoms with van der Waals surface area (Å²) in [6.07, 6.45) is 4.87. The molecule has 5 heteroatoms. The summed E-state index contributed by atoms with van der Waals surface area (Å²) in [6, 6.07) is 8.06. The summed E-state index contributed by atoms with van der Waals surface area (Å²) in [7, 11) is 1.88. The van der Waals surface area contributed by atoms with Crippen molar-refractivity contribution in [1.29, 1.82) is 0 Å². The van der Waals surface area contributed by atoms with Crippen LogP contribution in [0.4, 0.5) is 0 Å². The first-order valence-corrected chi connectivity index (χ1v) is 7.57. The van der Waals surface area contributed by atoms with E-state index in [1.54, 1.807) is 10.9 Å². The molecule has 0 unspecified atom stereocenters. The predicted octanol–water partition coefficient (Wildman–Crippen LogP) is 1.92. The van der Waals surface area contributed by atoms with Gasteiger partial charge in [0, 0.05) is 25.4 Å². The van der Waals surface area contributed by atoms with Gasteiger partial charge in [-0.3, -0.25) is 9.48 Å². The zero-order valence-corrected chi connectivity index (χ0v) is 13.0. The van der Waals surface area contributed by atoms with Crippen LogP contribution in [0.3, 0.4) is 0 Å². The second kappa shape index (κ2) is 6.32. The molecule has 116 valence electrons. The van der Waals surface area contributed by atoms with Gasteiger partial charge in [-0.1, -0.05) is 29.8 Å². The van der Waals surface area contributed by atoms with Crippen molar-refractivity contribution in [2.75, 3.05) is 6.61 Å². The molecule has 0 aliphatic carbocycles. The SMILES string of the molecule is Cc1cccc(CC(=O)N[C@H]2CCO[C@@H]2c2cnn(C)c2)c1. The third-order valence-electron chi connectivity index (χ3n) is 3.94. The van der Waals surface area contributed by atoms with Gasteiger partial charge < -0.3 is 10.1 Å². The molecular weight excluding hydrogens is 278 g/mol. The van der Waals surface area contributed by atoms with E-state index in [1.807, 2.05) is 44.4 Å². The number of amides is 1. The van der Waals surface area contributed by atoms with Crippen LogP contribution in [0.25, 0.3) is 0 Å². The molecule has 0 bridgehead atoms. The van der Waals surface area contributed by atoms with Crippen molar-refractivity contribution in [3.63, 3.8) is 0 Å². The van der Waals surface area contributed by atoms with Crippen molar-refractivity contribution in [3.05, 3.63) is 53.3 Å². The molecule has 1 aromatic heterocycles. The second-order valence-corrected chi connectivity index (χ2v) is 5.87. The van der Waals surface area contributed by atoms with Crippen LogP contribution in [0.2, 0.25) is 0 Å². The first kappa shape index (κ1) is 14.8. The quantitative estimate of drug-likeness (QED) is 0.938. The highest BCUT2D eigenvalue weighted by Crippen LogP contribution is 2.28. The molecule has 2 heterocycles. The predicted molar refractivity (Wildman–Crippen MR) is 83.3 cm³/mol. The topological polar surface area (TPSA) is 56.1 Å². The smallest absolute Gasteiger partial charge is 0.224 e. The van der Waals surface area contributed by atoms with Crippen molar-refractivity contribution in [2.45, 2.75) is 31.9 Å². The van der Waals surface area contributed by atoms with E-state index in [-0.39, 0.29) is 18.1 Å². The largest absolute Gasteiger partial charge is 0.371 e. The minimum atomic E-state index is -0.102. The van der Waals surface area contributed by atoms with Gasteiger partial charge in [-0.05, 0) is 18.9 Å². The summed E-state index contributed by atoms with van der Waals surface area (Å²) in [5.74, 6) is 0.0370. The lowest BCUT2D eigenvalue weighted by Crippen LogP contribution is -2.37. The minimum absolute atomic E-state index is 0.0153. The zero-order valence-electron chi connectivity index (χ0n) is 13.0. The molecular formula is C17H21N3O2. The molecule has 0 spiro atoms. The van der Waals surface area contributed by atoms with E-state index in [0.29, 0.717) is 13.0 Å². The number of aromatic nitrogens is 2. The highest BCUT2D eigenvalue weighted by atomic mass is 16.5. The Hall–Kier alpha value is -2.14. The fourth-order valence-corrected chi connectivity index (χ4v) is 2.92. The average Bonchev–Trinajstić information content (AvgIpc) is 3.07. The molecule has 22 heavy (non-hydrogen) atoms. The number of hydrogen-bond acceptors (Lipinski definition) is 3. The molecule has 0 saturated carbocycles. The normalized spacial score (nSPS) is 21.0. The Balaban J connectivity index is 1.63. The summed E-state index contributed by atoms with van der Waals surface area (Å²) >= 11 is 0. The Labute approximate surface area is 130 Å². The van der Waals surface area contributed by atoms with E-state index < -0.39 is 0 Å². The average molecular weight is 299 g/mol. The van der Waals surface area contributed by atoms with E-state index in [1.165, 1.54) is 5.56 Å². The second-order valence-electron chi connectivity index (χ2n) is 5.87. The first-order valence-electron chi connectivity index (χ1n) is 7.57. The summed E-state index contributed by atoms with van der Waals surface area (Å²) < 4.78 is 7.52. The summed E-state index contributed by atoms with van der Waals surface area (Å²) in [6.45, 7) is 2.69. The van der Waals surface area contributed by atoms with E-state index in [0.717, 1.165) is 17.5 Å². The van der Waals surface area contributed by atoms with Gasteiger partial charge >= 0.3 is 0 Å². The molecule has 1 aliphatic rings. The van der Waals surface area contributed by atoms with E-state index >= 15 is 0 Å². The van der Waals surface area contributed by atoms with Gasteiger partial charge in [-0.25, -0.2) is 0 Å². The molecule has 0 radical (unpaired) electrons. The number of nitrogens with zero attached hydrogens (tertiary/aromatic N) is 2. The van der Waals surface area contributed by atoms with Gasteiger partial charge in [0.05, 0.1) is 18.7 Å². The Morgan fingerprint density at radius 1 is 1.50 bits per heavy atom. The number of hydrogen-bond donors (Lipinski definition) is 1. The molecule has 3 rings (SSSR count). The molecule has 1 fully saturated rings. The van der Waals surface area contributed by atoms with Crippen molar-refractivity contribution in [3.8, 4) is 0 Å². The maximum atomic E-state index is 12.3. The third kappa shape index (κ3) is 3.36. The summed E-state index contributed by atoms with van der Waals surface area (Å²) in [5, 5.41) is 7.28. The van der Waals surface area contributed by atoms with E-state index in [4.69, 9.17) is 4.74 Å². The van der Waals surface area contributed by atoms with Gasteiger partial charge in [0.1, 0.15) is 6.10 Å². The van der Waals surface area contributed by atoms with E-state index in [2.05, 4.69) is 10.4 Å². The monoisotopic (exact) mass is 299 g/mol. The van der Waals surface area contributed by atoms with Gasteiger partial charge in [-0.2, -0.15) is 5.10 Å². The standard InChI is InChI=1S/C17H21N3O2/c1-12-4-3-5-13(8-12)9-16(21)19-15-6-7-22-17(15)14-10-18-20(2)11-14/h3-5,8,10-11,15,17H,6-7,9H2,1-2H3,(H,19,21)/t15-,17+/m0/s1. The van der Waals surface area contributed by atoms with Crippen molar-refractivity contribution < 1.29 is 9.53 Å². The molecule has 2 aromatic rings. The fourth-order valence-electron chi connectivity index (χ4n) is 2.92. The summed E-state index contributed by atoms with van der Waals surface area (Å²) in [4.78, 5) is 12.3. The highest BCUT2D eigenvalue weighted by molar-refractivity contribution is 5.79. The van der Waals surface area contributed by atoms with Crippen LogP contribution in [0, 0.1) is 6.92 Å². The van der Waals surface area contributed by atoms with Crippen LogP contribution in [0.1, 0.15) is 29.2 Å². The molecule has 5 nitrogen and oxygen atoms in total. The molecule has 1 saturated heterocycles. The third-order valence-corrected chi connectivity index (χ3v) is 3.94. The lowest BCUT2D eigenvalue weighted by Gasteiger charge is -2.18. The first-order chi connectivity index (χ1) is 10.6. The number of carbonyl (C=O) groups excluding carboxylic acids is 1. The van der Waals surface area contributed by atoms with Crippen LogP contribution < -0.4 is 5.32 Å². The van der Waals surface area contributed by atoms with Crippen LogP contribution in [-0.2, 0) is 23.0 Å². The molecule has 1 aliphatic heterocycles. The summed E-state index contributed by atoms with van der Waals surface area (Å²) in [5.41, 5.74) is 3.22. The number of rotatable bonds is 4. The van der Waals surface area contributed by atoms with Gasteiger partial charge in [0.2, 0.25) is 5.91 Å². The number of carbonyl (C=O) groups is 1. The fraction of sp³-hybridized carbons (Fsp3) is 0.412. The molecule has 1 aromatic carbocycles. The Kier molecular flexibility index (Phi) is 4.24. The van der Waals surface area contributed by atoms with Crippen LogP contribution in [0.15, 0.2) is 36.7 Å². The maximum Gasteiger partial charge on any atom is 0.224 e. The number of ether oxygens (including phenoxy) is 1. The van der Waals surface area contributed by atoms with Crippen molar-refractivity contribution >= 4 is 5.91 Å². The lowest BCUT2D eigenvalue weighted by molar-refractivity contribution is -0.121. The van der Waals surface area contributed by atoms with Gasteiger partial charge in [0.25, 0.3) is 0 Å². The molecule has 1 N–H and O–H groups in total. The van der Waals surface area contributed by atoms with Crippen LogP contribution >= 0.6 is 0 Å². The Morgan fingerprint density at radius 3 is 3.09 bits per heavy atom. The number of aryl methyl sites for hydroxylation is 2. The zero-order chi connectivity index (χ0) is 15.5. The van der Waals surface area contributed by atoms with Crippen molar-refractivity contribution in [1.82, 2.24) is 15.1 Å².